The molecule has 0 bridgehead atoms. The fourth-order valence-corrected chi connectivity index (χ4v) is 3.61. The number of fused-ring (bicyclic) bond motifs is 1. The number of imidazole rings is 1. The van der Waals surface area contributed by atoms with Crippen molar-refractivity contribution < 1.29 is 19.1 Å². The molecule has 0 spiro atoms. The second-order valence-corrected chi connectivity index (χ2v) is 8.69. The van der Waals surface area contributed by atoms with E-state index in [9.17, 15) is 19.2 Å². The van der Waals surface area contributed by atoms with Gasteiger partial charge in [-0.25, -0.2) is 9.59 Å². The number of nitrogens with one attached hydrogen (secondary N) is 2. The molecule has 1 saturated heterocycles. The number of hydrogen-bond acceptors (Lipinski definition) is 5. The summed E-state index contributed by atoms with van der Waals surface area (Å²) < 4.78 is 8.10. The topological polar surface area (TPSA) is 111 Å². The lowest BCUT2D eigenvalue weighted by molar-refractivity contribution is -0.135. The van der Waals surface area contributed by atoms with Crippen LogP contribution in [0.2, 0.25) is 0 Å². The Balaban J connectivity index is 1.73. The quantitative estimate of drug-likeness (QED) is 0.429. The molecule has 1 aliphatic heterocycles. The van der Waals surface area contributed by atoms with Crippen molar-refractivity contribution in [2.45, 2.75) is 58.1 Å². The number of carbonyl (C=O) groups is 3. The lowest BCUT2D eigenvalue weighted by Gasteiger charge is -2.21. The van der Waals surface area contributed by atoms with E-state index in [1.165, 1.54) is 9.13 Å². The largest absolute Gasteiger partial charge is 0.444 e. The Labute approximate surface area is 186 Å². The average molecular weight is 441 g/mol. The van der Waals surface area contributed by atoms with E-state index in [2.05, 4.69) is 22.5 Å². The Hall–Kier alpha value is -3.54. The van der Waals surface area contributed by atoms with Gasteiger partial charge >= 0.3 is 11.8 Å². The van der Waals surface area contributed by atoms with Crippen LogP contribution < -0.4 is 16.3 Å². The third kappa shape index (κ3) is 5.19. The molecule has 32 heavy (non-hydrogen) atoms. The minimum absolute atomic E-state index is 0.191. The number of piperidine rings is 1. The Morgan fingerprint density at radius 1 is 1.28 bits per heavy atom. The molecule has 1 aromatic carbocycles. The van der Waals surface area contributed by atoms with Crippen molar-refractivity contribution in [1.29, 1.82) is 0 Å². The van der Waals surface area contributed by atoms with E-state index in [1.807, 2.05) is 6.07 Å². The SMILES string of the molecule is Cn1c(=O)n(C2CCC(=O)NC2=O)c2cccc(C#CCCCNC(=O)OC(C)(C)C)c21. The zero-order valence-electron chi connectivity index (χ0n) is 18.8. The van der Waals surface area contributed by atoms with Crippen molar-refractivity contribution >= 4 is 28.9 Å². The predicted molar refractivity (Wildman–Crippen MR) is 119 cm³/mol. The number of carbonyl (C=O) groups excluding carboxylic acids is 3. The van der Waals surface area contributed by atoms with E-state index >= 15 is 0 Å². The van der Waals surface area contributed by atoms with Gasteiger partial charge in [0, 0.05) is 26.4 Å². The molecule has 1 unspecified atom stereocenters. The summed E-state index contributed by atoms with van der Waals surface area (Å²) in [5, 5.41) is 5.00. The van der Waals surface area contributed by atoms with E-state index in [4.69, 9.17) is 4.74 Å². The molecule has 2 aromatic rings. The van der Waals surface area contributed by atoms with Crippen LogP contribution in [-0.2, 0) is 21.4 Å². The zero-order valence-corrected chi connectivity index (χ0v) is 18.8. The van der Waals surface area contributed by atoms with Gasteiger partial charge in [0.05, 0.1) is 16.6 Å². The second kappa shape index (κ2) is 9.30. The van der Waals surface area contributed by atoms with Crippen LogP contribution in [0.15, 0.2) is 23.0 Å². The number of alkyl carbamates (subject to hydrolysis) is 1. The highest BCUT2D eigenvalue weighted by Crippen LogP contribution is 2.24. The van der Waals surface area contributed by atoms with Crippen LogP contribution in [0.25, 0.3) is 11.0 Å². The molecule has 170 valence electrons. The van der Waals surface area contributed by atoms with Crippen molar-refractivity contribution in [1.82, 2.24) is 19.8 Å². The van der Waals surface area contributed by atoms with Gasteiger partial charge in [-0.1, -0.05) is 17.9 Å². The first-order chi connectivity index (χ1) is 15.1. The van der Waals surface area contributed by atoms with Crippen LogP contribution in [-0.4, -0.2) is 39.2 Å². The molecule has 1 aliphatic rings. The number of unbranched alkanes of at least 4 members (excludes halogenated alkanes) is 1. The Morgan fingerprint density at radius 3 is 2.72 bits per heavy atom. The van der Waals surface area contributed by atoms with Gasteiger partial charge in [0.2, 0.25) is 11.8 Å². The van der Waals surface area contributed by atoms with Crippen molar-refractivity contribution in [3.05, 3.63) is 34.2 Å². The van der Waals surface area contributed by atoms with Crippen LogP contribution >= 0.6 is 0 Å². The van der Waals surface area contributed by atoms with Crippen LogP contribution in [0, 0.1) is 11.8 Å². The number of amides is 3. The van der Waals surface area contributed by atoms with Crippen molar-refractivity contribution in [3.63, 3.8) is 0 Å². The van der Waals surface area contributed by atoms with Crippen molar-refractivity contribution in [2.24, 2.45) is 7.05 Å². The maximum absolute atomic E-state index is 12.9. The Bertz CT molecular complexity index is 1170. The first kappa shape index (κ1) is 23.1. The standard InChI is InChI=1S/C23H28N4O5/c1-23(2,3)32-21(30)24-14-7-5-6-9-15-10-8-11-16-19(15)26(4)22(31)27(16)17-12-13-18(28)25-20(17)29/h8,10-11,17H,5,7,12-14H2,1-4H3,(H,24,30)(H,25,28,29). The third-order valence-corrected chi connectivity index (χ3v) is 4.99. The molecule has 9 heteroatoms. The summed E-state index contributed by atoms with van der Waals surface area (Å²) in [6.45, 7) is 5.86. The van der Waals surface area contributed by atoms with Gasteiger partial charge in [-0.3, -0.25) is 24.0 Å². The lowest BCUT2D eigenvalue weighted by atomic mass is 10.1. The van der Waals surface area contributed by atoms with Crippen LogP contribution in [0.4, 0.5) is 4.79 Å². The maximum Gasteiger partial charge on any atom is 0.407 e. The first-order valence-electron chi connectivity index (χ1n) is 10.6. The number of para-hydroxylation sites is 1. The molecule has 0 radical (unpaired) electrons. The number of aromatic nitrogens is 2. The first-order valence-corrected chi connectivity index (χ1v) is 10.6. The molecule has 3 amide bonds. The van der Waals surface area contributed by atoms with Gasteiger partial charge in [0.1, 0.15) is 11.6 Å². The van der Waals surface area contributed by atoms with Crippen LogP contribution in [0.5, 0.6) is 0 Å². The molecule has 1 fully saturated rings. The van der Waals surface area contributed by atoms with E-state index in [-0.39, 0.29) is 24.4 Å². The number of benzene rings is 1. The summed E-state index contributed by atoms with van der Waals surface area (Å²) in [5.74, 6) is 5.38. The lowest BCUT2D eigenvalue weighted by Crippen LogP contribution is -2.44. The molecule has 0 aliphatic carbocycles. The highest BCUT2D eigenvalue weighted by Gasteiger charge is 2.31. The predicted octanol–water partition coefficient (Wildman–Crippen LogP) is 1.97. The molecular formula is C23H28N4O5. The average Bonchev–Trinajstić information content (AvgIpc) is 2.95. The summed E-state index contributed by atoms with van der Waals surface area (Å²) in [6.07, 6.45) is 1.22. The van der Waals surface area contributed by atoms with Gasteiger partial charge in [0.25, 0.3) is 0 Å². The highest BCUT2D eigenvalue weighted by atomic mass is 16.6. The maximum atomic E-state index is 12.9. The van der Waals surface area contributed by atoms with E-state index < -0.39 is 23.6 Å². The van der Waals surface area contributed by atoms with Crippen molar-refractivity contribution in [2.75, 3.05) is 6.54 Å². The minimum atomic E-state index is -0.731. The number of nitrogens with zero attached hydrogens (tertiary/aromatic N) is 2. The monoisotopic (exact) mass is 440 g/mol. The van der Waals surface area contributed by atoms with E-state index in [0.717, 1.165) is 0 Å². The summed E-state index contributed by atoms with van der Waals surface area (Å²) in [4.78, 5) is 48.4. The molecule has 9 nitrogen and oxygen atoms in total. The van der Waals surface area contributed by atoms with Gasteiger partial charge in [-0.2, -0.15) is 0 Å². The van der Waals surface area contributed by atoms with E-state index in [0.29, 0.717) is 36.0 Å². The molecule has 2 heterocycles. The van der Waals surface area contributed by atoms with E-state index in [1.54, 1.807) is 40.0 Å². The summed E-state index contributed by atoms with van der Waals surface area (Å²) in [7, 11) is 1.64. The van der Waals surface area contributed by atoms with Gasteiger partial charge < -0.3 is 10.1 Å². The number of imide groups is 1. The van der Waals surface area contributed by atoms with Gasteiger partial charge in [-0.15, -0.1) is 0 Å². The van der Waals surface area contributed by atoms with Gasteiger partial charge in [-0.05, 0) is 45.7 Å². The highest BCUT2D eigenvalue weighted by molar-refractivity contribution is 6.00. The second-order valence-electron chi connectivity index (χ2n) is 8.69. The zero-order chi connectivity index (χ0) is 23.5. The molecular weight excluding hydrogens is 412 g/mol. The van der Waals surface area contributed by atoms with Crippen LogP contribution in [0.1, 0.15) is 58.1 Å². The van der Waals surface area contributed by atoms with Crippen LogP contribution in [0.3, 0.4) is 0 Å². The fraction of sp³-hybridized carbons (Fsp3) is 0.478. The smallest absolute Gasteiger partial charge is 0.407 e. The Kier molecular flexibility index (Phi) is 6.72. The number of rotatable bonds is 4. The molecule has 1 atom stereocenters. The number of aryl methyl sites for hydroxylation is 1. The van der Waals surface area contributed by atoms with Crippen molar-refractivity contribution in [3.8, 4) is 11.8 Å². The van der Waals surface area contributed by atoms with Gasteiger partial charge in [0.15, 0.2) is 0 Å². The fourth-order valence-electron chi connectivity index (χ4n) is 3.61. The molecule has 3 rings (SSSR count). The number of hydrogen-bond donors (Lipinski definition) is 2. The number of ether oxygens (including phenoxy) is 1. The Morgan fingerprint density at radius 2 is 2.03 bits per heavy atom. The normalized spacial score (nSPS) is 16.3. The summed E-state index contributed by atoms with van der Waals surface area (Å²) in [6, 6.07) is 4.66. The summed E-state index contributed by atoms with van der Waals surface area (Å²) in [5.41, 5.74) is 1.05. The molecule has 2 N–H and O–H groups in total. The third-order valence-electron chi connectivity index (χ3n) is 4.99. The summed E-state index contributed by atoms with van der Waals surface area (Å²) >= 11 is 0. The molecule has 1 aromatic heterocycles. The molecule has 0 saturated carbocycles. The minimum Gasteiger partial charge on any atom is -0.444 e.